The summed E-state index contributed by atoms with van der Waals surface area (Å²) in [5, 5.41) is 5.97. The van der Waals surface area contributed by atoms with Crippen molar-refractivity contribution in [2.45, 2.75) is 19.9 Å². The van der Waals surface area contributed by atoms with E-state index in [1.54, 1.807) is 43.0 Å². The van der Waals surface area contributed by atoms with E-state index in [-0.39, 0.29) is 6.03 Å². The highest BCUT2D eigenvalue weighted by molar-refractivity contribution is 7.99. The molecule has 1 atom stereocenters. The molecule has 5 nitrogen and oxygen atoms in total. The minimum atomic E-state index is -0.549. The summed E-state index contributed by atoms with van der Waals surface area (Å²) in [6.45, 7) is 4.09. The maximum absolute atomic E-state index is 12.4. The van der Waals surface area contributed by atoms with Crippen molar-refractivity contribution in [3.05, 3.63) is 46.1 Å². The van der Waals surface area contributed by atoms with Gasteiger partial charge in [0, 0.05) is 16.5 Å². The van der Waals surface area contributed by atoms with Crippen molar-refractivity contribution in [2.75, 3.05) is 18.1 Å². The Morgan fingerprint density at radius 3 is 2.70 bits per heavy atom. The molecule has 0 saturated heterocycles. The van der Waals surface area contributed by atoms with E-state index < -0.39 is 12.0 Å². The number of carbonyl (C=O) groups excluding carboxylic acids is 2. The van der Waals surface area contributed by atoms with Gasteiger partial charge in [0.1, 0.15) is 6.61 Å². The second-order valence-corrected chi connectivity index (χ2v) is 6.78. The number of ether oxygens (including phenoxy) is 1. The summed E-state index contributed by atoms with van der Waals surface area (Å²) in [6, 6.07) is 6.12. The van der Waals surface area contributed by atoms with Crippen molar-refractivity contribution in [2.24, 2.45) is 0 Å². The zero-order valence-corrected chi connectivity index (χ0v) is 14.6. The number of halogens is 1. The molecule has 0 aromatic heterocycles. The Hall–Kier alpha value is -1.66. The first-order valence-electron chi connectivity index (χ1n) is 7.31. The molecule has 1 aliphatic heterocycles. The minimum Gasteiger partial charge on any atom is -0.461 e. The van der Waals surface area contributed by atoms with Crippen molar-refractivity contribution >= 4 is 35.4 Å². The lowest BCUT2D eigenvalue weighted by atomic mass is 9.96. The van der Waals surface area contributed by atoms with Gasteiger partial charge in [-0.05, 0) is 30.4 Å². The van der Waals surface area contributed by atoms with Gasteiger partial charge in [0.2, 0.25) is 0 Å². The van der Waals surface area contributed by atoms with Crippen LogP contribution in [-0.2, 0) is 9.53 Å². The van der Waals surface area contributed by atoms with Crippen LogP contribution in [0.2, 0.25) is 5.02 Å². The third-order valence-corrected chi connectivity index (χ3v) is 4.47. The van der Waals surface area contributed by atoms with E-state index in [4.69, 9.17) is 16.3 Å². The predicted molar refractivity (Wildman–Crippen MR) is 92.5 cm³/mol. The summed E-state index contributed by atoms with van der Waals surface area (Å²) in [4.78, 5) is 24.2. The molecule has 2 rings (SSSR count). The monoisotopic (exact) mass is 354 g/mol. The molecule has 2 amide bonds. The van der Waals surface area contributed by atoms with Crippen LogP contribution in [0.1, 0.15) is 25.5 Å². The summed E-state index contributed by atoms with van der Waals surface area (Å²) in [5.74, 6) is 1.30. The molecule has 1 heterocycles. The lowest BCUT2D eigenvalue weighted by molar-refractivity contribution is -0.138. The first-order chi connectivity index (χ1) is 11.0. The maximum atomic E-state index is 12.4. The van der Waals surface area contributed by atoms with E-state index in [2.05, 4.69) is 17.6 Å². The van der Waals surface area contributed by atoms with E-state index in [1.165, 1.54) is 0 Å². The number of carbonyl (C=O) groups is 2. The molecule has 0 unspecified atom stereocenters. The van der Waals surface area contributed by atoms with Gasteiger partial charge < -0.3 is 15.4 Å². The van der Waals surface area contributed by atoms with Gasteiger partial charge in [-0.1, -0.05) is 30.7 Å². The average molecular weight is 355 g/mol. The Labute approximate surface area is 144 Å². The fraction of sp³-hybridized carbons (Fsp3) is 0.375. The van der Waals surface area contributed by atoms with Gasteiger partial charge in [-0.25, -0.2) is 9.59 Å². The molecule has 0 spiro atoms. The van der Waals surface area contributed by atoms with E-state index >= 15 is 0 Å². The molecule has 1 aliphatic rings. The van der Waals surface area contributed by atoms with Crippen LogP contribution in [0.5, 0.6) is 0 Å². The van der Waals surface area contributed by atoms with Gasteiger partial charge in [0.25, 0.3) is 0 Å². The van der Waals surface area contributed by atoms with Gasteiger partial charge in [-0.3, -0.25) is 0 Å². The van der Waals surface area contributed by atoms with Crippen molar-refractivity contribution in [1.29, 1.82) is 0 Å². The zero-order valence-electron chi connectivity index (χ0n) is 13.0. The molecule has 1 aromatic carbocycles. The Balaban J connectivity index is 2.20. The third-order valence-electron chi connectivity index (χ3n) is 3.36. The van der Waals surface area contributed by atoms with Crippen LogP contribution in [0.3, 0.4) is 0 Å². The number of urea groups is 1. The number of allylic oxidation sites excluding steroid dienone is 1. The summed E-state index contributed by atoms with van der Waals surface area (Å²) in [6.07, 6.45) is 0. The quantitative estimate of drug-likeness (QED) is 0.607. The van der Waals surface area contributed by atoms with E-state index in [1.807, 2.05) is 0 Å². The van der Waals surface area contributed by atoms with Crippen LogP contribution in [-0.4, -0.2) is 30.1 Å². The highest BCUT2D eigenvalue weighted by atomic mass is 35.5. The van der Waals surface area contributed by atoms with Crippen LogP contribution < -0.4 is 10.6 Å². The molecule has 0 radical (unpaired) electrons. The first kappa shape index (κ1) is 17.7. The van der Waals surface area contributed by atoms with Crippen LogP contribution in [0.15, 0.2) is 35.5 Å². The van der Waals surface area contributed by atoms with Gasteiger partial charge in [0.05, 0.1) is 11.6 Å². The van der Waals surface area contributed by atoms with E-state index in [0.29, 0.717) is 22.9 Å². The molecule has 0 saturated carbocycles. The molecular weight excluding hydrogens is 336 g/mol. The maximum Gasteiger partial charge on any atom is 0.338 e. The van der Waals surface area contributed by atoms with Gasteiger partial charge in [-0.15, -0.1) is 0 Å². The Morgan fingerprint density at radius 2 is 2.04 bits per heavy atom. The smallest absolute Gasteiger partial charge is 0.338 e. The highest BCUT2D eigenvalue weighted by Gasteiger charge is 2.32. The molecule has 124 valence electrons. The standard InChI is InChI=1S/C16H19ClN2O3S/c1-3-23-9-8-22-15(20)13-10(2)18-16(21)19-14(13)11-4-6-12(17)7-5-11/h4-7,14H,3,8-9H2,1-2H3,(H2,18,19,21)/t14-/m1/s1. The zero-order chi connectivity index (χ0) is 16.8. The third kappa shape index (κ3) is 4.65. The summed E-state index contributed by atoms with van der Waals surface area (Å²) < 4.78 is 5.33. The fourth-order valence-electron chi connectivity index (χ4n) is 2.29. The number of rotatable bonds is 6. The summed E-state index contributed by atoms with van der Waals surface area (Å²) in [5.41, 5.74) is 1.69. The normalized spacial score (nSPS) is 17.5. The molecule has 7 heteroatoms. The highest BCUT2D eigenvalue weighted by Crippen LogP contribution is 2.28. The topological polar surface area (TPSA) is 67.4 Å². The Bertz CT molecular complexity index is 616. The van der Waals surface area contributed by atoms with Gasteiger partial charge in [0.15, 0.2) is 0 Å². The number of benzene rings is 1. The number of hydrogen-bond donors (Lipinski definition) is 2. The summed E-state index contributed by atoms with van der Waals surface area (Å²) >= 11 is 7.60. The van der Waals surface area contributed by atoms with Crippen LogP contribution in [0.4, 0.5) is 4.79 Å². The SMILES string of the molecule is CCSCCOC(=O)C1=C(C)NC(=O)N[C@@H]1c1ccc(Cl)cc1. The number of thioether (sulfide) groups is 1. The van der Waals surface area contributed by atoms with Crippen LogP contribution in [0, 0.1) is 0 Å². The number of esters is 1. The van der Waals surface area contributed by atoms with E-state index in [0.717, 1.165) is 17.1 Å². The second kappa shape index (κ2) is 8.26. The largest absolute Gasteiger partial charge is 0.461 e. The lowest BCUT2D eigenvalue weighted by Gasteiger charge is -2.28. The van der Waals surface area contributed by atoms with Crippen LogP contribution in [0.25, 0.3) is 0 Å². The molecular formula is C16H19ClN2O3S. The van der Waals surface area contributed by atoms with Crippen molar-refractivity contribution < 1.29 is 14.3 Å². The Morgan fingerprint density at radius 1 is 1.35 bits per heavy atom. The molecule has 0 aliphatic carbocycles. The predicted octanol–water partition coefficient (Wildman–Crippen LogP) is 3.26. The van der Waals surface area contributed by atoms with Crippen molar-refractivity contribution in [3.63, 3.8) is 0 Å². The minimum absolute atomic E-state index is 0.343. The summed E-state index contributed by atoms with van der Waals surface area (Å²) in [7, 11) is 0. The Kier molecular flexibility index (Phi) is 6.36. The van der Waals surface area contributed by atoms with Gasteiger partial charge >= 0.3 is 12.0 Å². The number of nitrogens with one attached hydrogen (secondary N) is 2. The molecule has 2 N–H and O–H groups in total. The fourth-order valence-corrected chi connectivity index (χ4v) is 2.90. The van der Waals surface area contributed by atoms with Gasteiger partial charge in [-0.2, -0.15) is 11.8 Å². The van der Waals surface area contributed by atoms with Crippen molar-refractivity contribution in [1.82, 2.24) is 10.6 Å². The molecule has 0 fully saturated rings. The van der Waals surface area contributed by atoms with E-state index in [9.17, 15) is 9.59 Å². The molecule has 23 heavy (non-hydrogen) atoms. The molecule has 1 aromatic rings. The van der Waals surface area contributed by atoms with Crippen molar-refractivity contribution in [3.8, 4) is 0 Å². The lowest BCUT2D eigenvalue weighted by Crippen LogP contribution is -2.45. The number of hydrogen-bond acceptors (Lipinski definition) is 4. The first-order valence-corrected chi connectivity index (χ1v) is 8.84. The molecule has 0 bridgehead atoms. The van der Waals surface area contributed by atoms with Crippen LogP contribution >= 0.6 is 23.4 Å². The number of amides is 2. The average Bonchev–Trinajstić information content (AvgIpc) is 2.51. The second-order valence-electron chi connectivity index (χ2n) is 4.95.